The molecule has 0 saturated carbocycles. The largest absolute Gasteiger partial charge is 0.478 e. The summed E-state index contributed by atoms with van der Waals surface area (Å²) in [6.07, 6.45) is 1.07. The Morgan fingerprint density at radius 1 is 1.38 bits per heavy atom. The second-order valence-corrected chi connectivity index (χ2v) is 4.57. The summed E-state index contributed by atoms with van der Waals surface area (Å²) < 4.78 is 0. The van der Waals surface area contributed by atoms with Gasteiger partial charge < -0.3 is 10.4 Å². The minimum atomic E-state index is -1.27. The highest BCUT2D eigenvalue weighted by molar-refractivity contribution is 6.30. The van der Waals surface area contributed by atoms with Crippen molar-refractivity contribution in [2.24, 2.45) is 0 Å². The van der Waals surface area contributed by atoms with Crippen molar-refractivity contribution in [3.05, 3.63) is 62.8 Å². The number of hydrogen-bond acceptors (Lipinski definition) is 5. The summed E-state index contributed by atoms with van der Waals surface area (Å²) in [5, 5.41) is 23.2. The topological polar surface area (TPSA) is 105 Å². The quantitative estimate of drug-likeness (QED) is 0.650. The van der Waals surface area contributed by atoms with Gasteiger partial charge in [0.05, 0.1) is 10.5 Å². The molecule has 108 valence electrons. The van der Waals surface area contributed by atoms with Gasteiger partial charge in [-0.3, -0.25) is 10.1 Å². The Hall–Kier alpha value is -2.67. The van der Waals surface area contributed by atoms with Crippen molar-refractivity contribution in [3.63, 3.8) is 0 Å². The van der Waals surface area contributed by atoms with Crippen LogP contribution in [0.15, 0.2) is 36.5 Å². The molecule has 0 spiro atoms. The zero-order chi connectivity index (χ0) is 15.4. The maximum absolute atomic E-state index is 11.0. The predicted octanol–water partition coefficient (Wildman–Crippen LogP) is 2.95. The maximum atomic E-state index is 11.0. The molecule has 0 saturated heterocycles. The number of nitrogens with one attached hydrogen (secondary N) is 1. The van der Waals surface area contributed by atoms with Crippen molar-refractivity contribution in [3.8, 4) is 0 Å². The van der Waals surface area contributed by atoms with Crippen LogP contribution in [0.2, 0.25) is 5.02 Å². The molecule has 0 bridgehead atoms. The van der Waals surface area contributed by atoms with Crippen LogP contribution in [0.1, 0.15) is 15.9 Å². The molecule has 8 heteroatoms. The van der Waals surface area contributed by atoms with Gasteiger partial charge in [-0.15, -0.1) is 0 Å². The van der Waals surface area contributed by atoms with E-state index in [1.807, 2.05) is 0 Å². The molecular weight excluding hydrogens is 298 g/mol. The van der Waals surface area contributed by atoms with Gasteiger partial charge in [0.2, 0.25) is 5.82 Å². The number of aromatic carboxylic acids is 1. The molecule has 1 aromatic heterocycles. The number of hydrogen-bond donors (Lipinski definition) is 2. The summed E-state index contributed by atoms with van der Waals surface area (Å²) in [5.74, 6) is -1.25. The summed E-state index contributed by atoms with van der Waals surface area (Å²) in [6, 6.07) is 7.92. The van der Waals surface area contributed by atoms with Gasteiger partial charge in [0, 0.05) is 23.8 Å². The molecule has 0 atom stereocenters. The van der Waals surface area contributed by atoms with E-state index < -0.39 is 10.9 Å². The van der Waals surface area contributed by atoms with Crippen LogP contribution in [0, 0.1) is 10.1 Å². The molecule has 0 unspecified atom stereocenters. The van der Waals surface area contributed by atoms with E-state index in [-0.39, 0.29) is 17.1 Å². The van der Waals surface area contributed by atoms with E-state index in [9.17, 15) is 14.9 Å². The second-order valence-electron chi connectivity index (χ2n) is 4.13. The molecule has 7 nitrogen and oxygen atoms in total. The summed E-state index contributed by atoms with van der Waals surface area (Å²) in [4.78, 5) is 24.9. The van der Waals surface area contributed by atoms with Gasteiger partial charge >= 0.3 is 11.7 Å². The number of nitro groups is 1. The molecule has 2 rings (SSSR count). The first-order valence-electron chi connectivity index (χ1n) is 5.83. The summed E-state index contributed by atoms with van der Waals surface area (Å²) >= 11 is 5.77. The highest BCUT2D eigenvalue weighted by Gasteiger charge is 2.18. The van der Waals surface area contributed by atoms with Gasteiger partial charge in [-0.25, -0.2) is 9.78 Å². The number of rotatable bonds is 5. The van der Waals surface area contributed by atoms with Crippen LogP contribution < -0.4 is 5.32 Å². The Morgan fingerprint density at radius 3 is 2.62 bits per heavy atom. The lowest BCUT2D eigenvalue weighted by Crippen LogP contribution is -2.07. The first kappa shape index (κ1) is 14.7. The molecule has 21 heavy (non-hydrogen) atoms. The molecule has 0 aliphatic rings. The number of nitrogens with zero attached hydrogens (tertiary/aromatic N) is 2. The first-order chi connectivity index (χ1) is 9.97. The third kappa shape index (κ3) is 3.67. The molecular formula is C13H10ClN3O4. The van der Waals surface area contributed by atoms with Crippen LogP contribution in [0.25, 0.3) is 0 Å². The average molecular weight is 308 g/mol. The van der Waals surface area contributed by atoms with Crippen LogP contribution in [0.5, 0.6) is 0 Å². The Balaban J connectivity index is 2.21. The summed E-state index contributed by atoms with van der Waals surface area (Å²) in [5.41, 5.74) is 0.236. The summed E-state index contributed by atoms with van der Waals surface area (Å²) in [7, 11) is 0. The van der Waals surface area contributed by atoms with Crippen LogP contribution in [0.4, 0.5) is 11.5 Å². The highest BCUT2D eigenvalue weighted by Crippen LogP contribution is 2.23. The van der Waals surface area contributed by atoms with Gasteiger partial charge in [0.25, 0.3) is 0 Å². The molecule has 2 N–H and O–H groups in total. The van der Waals surface area contributed by atoms with Crippen LogP contribution >= 0.6 is 11.6 Å². The van der Waals surface area contributed by atoms with Gasteiger partial charge in [0.15, 0.2) is 0 Å². The SMILES string of the molecule is O=C(O)c1cnc(NCc2ccc(Cl)cc2)c([N+](=O)[O-])c1. The molecule has 0 aliphatic heterocycles. The predicted molar refractivity (Wildman–Crippen MR) is 76.6 cm³/mol. The third-order valence-electron chi connectivity index (χ3n) is 2.68. The van der Waals surface area contributed by atoms with Gasteiger partial charge in [-0.2, -0.15) is 0 Å². The third-order valence-corrected chi connectivity index (χ3v) is 2.94. The zero-order valence-corrected chi connectivity index (χ0v) is 11.4. The van der Waals surface area contributed by atoms with Crippen molar-refractivity contribution in [1.29, 1.82) is 0 Å². The standard InChI is InChI=1S/C13H10ClN3O4/c14-10-3-1-8(2-4-10)6-15-12-11(17(20)21)5-9(7-16-12)13(18)19/h1-5,7H,6H2,(H,15,16)(H,18,19). The normalized spacial score (nSPS) is 10.1. The van der Waals surface area contributed by atoms with Gasteiger partial charge in [-0.1, -0.05) is 23.7 Å². The molecule has 0 amide bonds. The average Bonchev–Trinajstić information content (AvgIpc) is 2.46. The van der Waals surface area contributed by atoms with Gasteiger partial charge in [0.1, 0.15) is 0 Å². The maximum Gasteiger partial charge on any atom is 0.337 e. The van der Waals surface area contributed by atoms with Crippen LogP contribution in [-0.2, 0) is 6.54 Å². The number of halogens is 1. The smallest absolute Gasteiger partial charge is 0.337 e. The Labute approximate surface area is 124 Å². The second kappa shape index (κ2) is 6.19. The number of aromatic nitrogens is 1. The number of pyridine rings is 1. The lowest BCUT2D eigenvalue weighted by Gasteiger charge is -2.07. The van der Waals surface area contributed by atoms with E-state index >= 15 is 0 Å². The fraction of sp³-hybridized carbons (Fsp3) is 0.0769. The van der Waals surface area contributed by atoms with Crippen molar-refractivity contribution >= 4 is 29.1 Å². The van der Waals surface area contributed by atoms with Crippen LogP contribution in [-0.4, -0.2) is 21.0 Å². The molecule has 1 aromatic carbocycles. The van der Waals surface area contributed by atoms with Crippen molar-refractivity contribution in [2.75, 3.05) is 5.32 Å². The van der Waals surface area contributed by atoms with E-state index in [0.29, 0.717) is 11.6 Å². The monoisotopic (exact) mass is 307 g/mol. The number of carbonyl (C=O) groups is 1. The number of carboxylic acids is 1. The zero-order valence-electron chi connectivity index (χ0n) is 10.6. The van der Waals surface area contributed by atoms with Gasteiger partial charge in [-0.05, 0) is 17.7 Å². The van der Waals surface area contributed by atoms with Crippen LogP contribution in [0.3, 0.4) is 0 Å². The number of anilines is 1. The van der Waals surface area contributed by atoms with E-state index in [2.05, 4.69) is 10.3 Å². The number of benzene rings is 1. The molecule has 0 aliphatic carbocycles. The number of carboxylic acid groups (broad SMARTS) is 1. The lowest BCUT2D eigenvalue weighted by molar-refractivity contribution is -0.384. The van der Waals surface area contributed by atoms with E-state index in [1.54, 1.807) is 24.3 Å². The minimum Gasteiger partial charge on any atom is -0.478 e. The molecule has 0 fully saturated rings. The van der Waals surface area contributed by atoms with Crippen molar-refractivity contribution < 1.29 is 14.8 Å². The highest BCUT2D eigenvalue weighted by atomic mass is 35.5. The Bertz CT molecular complexity index is 688. The minimum absolute atomic E-state index is 0.0138. The fourth-order valence-corrected chi connectivity index (χ4v) is 1.76. The van der Waals surface area contributed by atoms with E-state index in [1.165, 1.54) is 0 Å². The molecule has 1 heterocycles. The fourth-order valence-electron chi connectivity index (χ4n) is 1.63. The molecule has 0 radical (unpaired) electrons. The lowest BCUT2D eigenvalue weighted by atomic mass is 10.2. The molecule has 2 aromatic rings. The van der Waals surface area contributed by atoms with Crippen molar-refractivity contribution in [2.45, 2.75) is 6.54 Å². The Morgan fingerprint density at radius 2 is 2.05 bits per heavy atom. The van der Waals surface area contributed by atoms with Crippen molar-refractivity contribution in [1.82, 2.24) is 4.98 Å². The van der Waals surface area contributed by atoms with E-state index in [4.69, 9.17) is 16.7 Å². The summed E-state index contributed by atoms with van der Waals surface area (Å²) in [6.45, 7) is 0.303. The first-order valence-corrected chi connectivity index (χ1v) is 6.21. The Kier molecular flexibility index (Phi) is 4.34. The van der Waals surface area contributed by atoms with E-state index in [0.717, 1.165) is 17.8 Å².